The molecule has 0 aliphatic rings. The number of benzene rings is 1. The molecule has 0 saturated carbocycles. The summed E-state index contributed by atoms with van der Waals surface area (Å²) in [7, 11) is 0. The summed E-state index contributed by atoms with van der Waals surface area (Å²) in [6, 6.07) is 4.28. The first-order valence-corrected chi connectivity index (χ1v) is 4.15. The zero-order chi connectivity index (χ0) is 10.6. The maximum atomic E-state index is 13.2. The van der Waals surface area contributed by atoms with E-state index >= 15 is 0 Å². The topological polar surface area (TPSA) is 73.6 Å². The van der Waals surface area contributed by atoms with Crippen molar-refractivity contribution in [2.24, 2.45) is 16.5 Å². The zero-order valence-electron chi connectivity index (χ0n) is 7.83. The van der Waals surface area contributed by atoms with Crippen LogP contribution in [0.4, 0.5) is 10.1 Å². The smallest absolute Gasteiger partial charge is 0.191 e. The van der Waals surface area contributed by atoms with Gasteiger partial charge in [0.2, 0.25) is 0 Å². The van der Waals surface area contributed by atoms with Crippen LogP contribution in [0.25, 0.3) is 0 Å². The summed E-state index contributed by atoms with van der Waals surface area (Å²) in [5, 5.41) is 0. The molecule has 0 heterocycles. The van der Waals surface area contributed by atoms with E-state index in [0.717, 1.165) is 0 Å². The van der Waals surface area contributed by atoms with Crippen LogP contribution >= 0.6 is 0 Å². The zero-order valence-corrected chi connectivity index (χ0v) is 7.83. The minimum absolute atomic E-state index is 0.103. The van der Waals surface area contributed by atoms with Crippen molar-refractivity contribution in [1.29, 1.82) is 0 Å². The Hall–Kier alpha value is -1.78. The highest BCUT2D eigenvalue weighted by Crippen LogP contribution is 2.22. The molecule has 0 aliphatic carbocycles. The fourth-order valence-electron chi connectivity index (χ4n) is 0.981. The quantitative estimate of drug-likeness (QED) is 0.563. The summed E-state index contributed by atoms with van der Waals surface area (Å²) in [4.78, 5) is 3.70. The van der Waals surface area contributed by atoms with Gasteiger partial charge in [-0.1, -0.05) is 0 Å². The predicted octanol–water partition coefficient (Wildman–Crippen LogP) is 1.13. The number of hydrogen-bond acceptors (Lipinski definition) is 2. The lowest BCUT2D eigenvalue weighted by Crippen LogP contribution is -2.21. The van der Waals surface area contributed by atoms with E-state index in [1.807, 2.05) is 0 Å². The first kappa shape index (κ1) is 10.3. The van der Waals surface area contributed by atoms with Crippen LogP contribution in [0.5, 0.6) is 5.75 Å². The second kappa shape index (κ2) is 4.45. The minimum Gasteiger partial charge on any atom is -0.491 e. The molecule has 5 heteroatoms. The van der Waals surface area contributed by atoms with Gasteiger partial charge in [0.1, 0.15) is 0 Å². The molecule has 4 N–H and O–H groups in total. The molecule has 0 aromatic heterocycles. The van der Waals surface area contributed by atoms with E-state index in [4.69, 9.17) is 16.2 Å². The molecule has 1 rings (SSSR count). The third kappa shape index (κ3) is 2.62. The lowest BCUT2D eigenvalue weighted by molar-refractivity contribution is 0.321. The molecule has 0 radical (unpaired) electrons. The molecular formula is C9H12FN3O. The summed E-state index contributed by atoms with van der Waals surface area (Å²) < 4.78 is 18.2. The van der Waals surface area contributed by atoms with Gasteiger partial charge in [-0.2, -0.15) is 0 Å². The Labute approximate surface area is 81.4 Å². The van der Waals surface area contributed by atoms with E-state index < -0.39 is 5.82 Å². The largest absolute Gasteiger partial charge is 0.491 e. The standard InChI is InChI=1S/C9H12FN3O/c1-2-14-8-4-3-6(5-7(8)10)13-9(11)12/h3-5H,2H2,1H3,(H4,11,12,13). The molecule has 0 saturated heterocycles. The van der Waals surface area contributed by atoms with Crippen molar-refractivity contribution < 1.29 is 9.13 Å². The van der Waals surface area contributed by atoms with E-state index in [-0.39, 0.29) is 11.7 Å². The third-order valence-electron chi connectivity index (χ3n) is 1.47. The molecule has 0 spiro atoms. The first-order chi connectivity index (χ1) is 6.63. The fourth-order valence-corrected chi connectivity index (χ4v) is 0.981. The van der Waals surface area contributed by atoms with Crippen molar-refractivity contribution in [2.45, 2.75) is 6.92 Å². The Morgan fingerprint density at radius 1 is 1.50 bits per heavy atom. The van der Waals surface area contributed by atoms with Crippen molar-refractivity contribution in [3.05, 3.63) is 24.0 Å². The Morgan fingerprint density at radius 2 is 2.21 bits per heavy atom. The number of nitrogens with two attached hydrogens (primary N) is 2. The van der Waals surface area contributed by atoms with E-state index in [9.17, 15) is 4.39 Å². The molecule has 0 fully saturated rings. The van der Waals surface area contributed by atoms with Gasteiger partial charge in [0.25, 0.3) is 0 Å². The molecule has 76 valence electrons. The summed E-state index contributed by atoms with van der Waals surface area (Å²) in [5.41, 5.74) is 10.7. The number of rotatable bonds is 3. The van der Waals surface area contributed by atoms with Gasteiger partial charge in [0.05, 0.1) is 12.3 Å². The molecular weight excluding hydrogens is 185 g/mol. The molecule has 0 atom stereocenters. The highest BCUT2D eigenvalue weighted by molar-refractivity contribution is 5.79. The van der Waals surface area contributed by atoms with Crippen LogP contribution in [-0.4, -0.2) is 12.6 Å². The van der Waals surface area contributed by atoms with E-state index in [1.165, 1.54) is 12.1 Å². The van der Waals surface area contributed by atoms with E-state index in [2.05, 4.69) is 4.99 Å². The van der Waals surface area contributed by atoms with Gasteiger partial charge < -0.3 is 16.2 Å². The molecule has 0 unspecified atom stereocenters. The van der Waals surface area contributed by atoms with Crippen LogP contribution in [0, 0.1) is 5.82 Å². The highest BCUT2D eigenvalue weighted by atomic mass is 19.1. The van der Waals surface area contributed by atoms with Crippen molar-refractivity contribution in [1.82, 2.24) is 0 Å². The van der Waals surface area contributed by atoms with Gasteiger partial charge >= 0.3 is 0 Å². The second-order valence-electron chi connectivity index (χ2n) is 2.58. The summed E-state index contributed by atoms with van der Waals surface area (Å²) in [6.07, 6.45) is 0. The van der Waals surface area contributed by atoms with Gasteiger partial charge in [-0.15, -0.1) is 0 Å². The Morgan fingerprint density at radius 3 is 2.71 bits per heavy atom. The summed E-state index contributed by atoms with van der Waals surface area (Å²) in [5.74, 6) is -0.384. The second-order valence-corrected chi connectivity index (χ2v) is 2.58. The average Bonchev–Trinajstić information content (AvgIpc) is 2.09. The predicted molar refractivity (Wildman–Crippen MR) is 53.0 cm³/mol. The van der Waals surface area contributed by atoms with Crippen LogP contribution in [0.3, 0.4) is 0 Å². The number of ether oxygens (including phenoxy) is 1. The van der Waals surface area contributed by atoms with Crippen LogP contribution in [0.15, 0.2) is 23.2 Å². The third-order valence-corrected chi connectivity index (χ3v) is 1.47. The Bertz CT molecular complexity index is 348. The van der Waals surface area contributed by atoms with Crippen LogP contribution in [-0.2, 0) is 0 Å². The van der Waals surface area contributed by atoms with Crippen molar-refractivity contribution in [2.75, 3.05) is 6.61 Å². The molecule has 0 aliphatic heterocycles. The molecule has 14 heavy (non-hydrogen) atoms. The minimum atomic E-state index is -0.477. The van der Waals surface area contributed by atoms with Crippen molar-refractivity contribution >= 4 is 11.6 Å². The summed E-state index contributed by atoms with van der Waals surface area (Å²) in [6.45, 7) is 2.20. The lowest BCUT2D eigenvalue weighted by atomic mass is 10.3. The number of guanidine groups is 1. The van der Waals surface area contributed by atoms with Crippen LogP contribution in [0.1, 0.15) is 6.92 Å². The van der Waals surface area contributed by atoms with Gasteiger partial charge in [0.15, 0.2) is 17.5 Å². The van der Waals surface area contributed by atoms with E-state index in [1.54, 1.807) is 13.0 Å². The first-order valence-electron chi connectivity index (χ1n) is 4.15. The maximum Gasteiger partial charge on any atom is 0.191 e. The SMILES string of the molecule is CCOc1ccc(N=C(N)N)cc1F. The molecule has 0 bridgehead atoms. The highest BCUT2D eigenvalue weighted by Gasteiger charge is 2.03. The number of aliphatic imine (C=N–C) groups is 1. The average molecular weight is 197 g/mol. The van der Waals surface area contributed by atoms with Crippen LogP contribution in [0.2, 0.25) is 0 Å². The normalized spacial score (nSPS) is 9.57. The molecule has 1 aromatic rings. The summed E-state index contributed by atoms with van der Waals surface area (Å²) >= 11 is 0. The Balaban J connectivity index is 2.94. The number of hydrogen-bond donors (Lipinski definition) is 2. The van der Waals surface area contributed by atoms with Crippen molar-refractivity contribution in [3.8, 4) is 5.75 Å². The van der Waals surface area contributed by atoms with Gasteiger partial charge in [-0.05, 0) is 19.1 Å². The van der Waals surface area contributed by atoms with E-state index in [0.29, 0.717) is 12.3 Å². The van der Waals surface area contributed by atoms with Crippen molar-refractivity contribution in [3.63, 3.8) is 0 Å². The lowest BCUT2D eigenvalue weighted by Gasteiger charge is -2.04. The molecule has 1 aromatic carbocycles. The van der Waals surface area contributed by atoms with Crippen LogP contribution < -0.4 is 16.2 Å². The monoisotopic (exact) mass is 197 g/mol. The Kier molecular flexibility index (Phi) is 3.28. The molecule has 4 nitrogen and oxygen atoms in total. The molecule has 0 amide bonds. The number of halogens is 1. The van der Waals surface area contributed by atoms with Gasteiger partial charge in [-0.3, -0.25) is 0 Å². The van der Waals surface area contributed by atoms with Gasteiger partial charge in [0, 0.05) is 6.07 Å². The fraction of sp³-hybridized carbons (Fsp3) is 0.222. The maximum absolute atomic E-state index is 13.2. The number of nitrogens with zero attached hydrogens (tertiary/aromatic N) is 1. The van der Waals surface area contributed by atoms with Gasteiger partial charge in [-0.25, -0.2) is 9.38 Å².